The fourth-order valence-electron chi connectivity index (χ4n) is 3.54. The van der Waals surface area contributed by atoms with Crippen LogP contribution in [-0.2, 0) is 17.9 Å². The minimum atomic E-state index is -0.810. The van der Waals surface area contributed by atoms with Crippen LogP contribution in [0.2, 0.25) is 5.02 Å². The first-order valence-corrected chi connectivity index (χ1v) is 10.5. The smallest absolute Gasteiger partial charge is 0.320 e. The monoisotopic (exact) mass is 505 g/mol. The van der Waals surface area contributed by atoms with Crippen molar-refractivity contribution in [1.29, 1.82) is 0 Å². The largest absolute Gasteiger partial charge is 0.471 e. The molecule has 13 heteroatoms. The summed E-state index contributed by atoms with van der Waals surface area (Å²) >= 11 is 6.11. The average Bonchev–Trinajstić information content (AvgIpc) is 3.21. The van der Waals surface area contributed by atoms with Crippen LogP contribution >= 0.6 is 11.6 Å². The average molecular weight is 506 g/mol. The summed E-state index contributed by atoms with van der Waals surface area (Å²) in [5.74, 6) is -2.37. The third-order valence-electron chi connectivity index (χ3n) is 5.29. The molecule has 3 amide bonds. The van der Waals surface area contributed by atoms with Crippen LogP contribution in [0, 0.1) is 11.6 Å². The summed E-state index contributed by atoms with van der Waals surface area (Å²) in [4.78, 5) is 42.9. The highest BCUT2D eigenvalue weighted by atomic mass is 35.5. The summed E-state index contributed by atoms with van der Waals surface area (Å²) in [7, 11) is 0. The Kier molecular flexibility index (Phi) is 6.67. The molecule has 0 bridgehead atoms. The Morgan fingerprint density at radius 2 is 1.91 bits per heavy atom. The first kappa shape index (κ1) is 24.1. The lowest BCUT2D eigenvalue weighted by molar-refractivity contribution is -0.121. The number of anilines is 2. The summed E-state index contributed by atoms with van der Waals surface area (Å²) in [6, 6.07) is 6.96. The molecule has 2 aromatic carbocycles. The van der Waals surface area contributed by atoms with E-state index in [9.17, 15) is 28.3 Å². The lowest BCUT2D eigenvalue weighted by atomic mass is 10.1. The van der Waals surface area contributed by atoms with Crippen molar-refractivity contribution in [3.8, 4) is 5.88 Å². The summed E-state index contributed by atoms with van der Waals surface area (Å²) in [5.41, 5.74) is 6.12. The molecule has 0 radical (unpaired) electrons. The van der Waals surface area contributed by atoms with Gasteiger partial charge < -0.3 is 15.6 Å². The summed E-state index contributed by atoms with van der Waals surface area (Å²) in [6.07, 6.45) is 1.19. The number of aliphatic hydroxyl groups is 1. The number of ether oxygens (including phenoxy) is 1. The molecule has 182 valence electrons. The van der Waals surface area contributed by atoms with Crippen LogP contribution in [-0.4, -0.2) is 39.9 Å². The molecule has 0 unspecified atom stereocenters. The zero-order valence-corrected chi connectivity index (χ0v) is 18.7. The van der Waals surface area contributed by atoms with Gasteiger partial charge in [-0.1, -0.05) is 17.7 Å². The molecule has 0 atom stereocenters. The van der Waals surface area contributed by atoms with Crippen LogP contribution in [0.5, 0.6) is 5.88 Å². The Morgan fingerprint density at radius 3 is 2.60 bits per heavy atom. The quantitative estimate of drug-likeness (QED) is 0.527. The topological polar surface area (TPSA) is 131 Å². The number of urea groups is 1. The number of aliphatic hydroxyl groups excluding tert-OH is 1. The molecule has 4 rings (SSSR count). The van der Waals surface area contributed by atoms with Gasteiger partial charge in [0.05, 0.1) is 17.9 Å². The molecule has 1 aliphatic heterocycles. The van der Waals surface area contributed by atoms with Gasteiger partial charge in [0.15, 0.2) is 5.02 Å². The molecular weight excluding hydrogens is 488 g/mol. The van der Waals surface area contributed by atoms with E-state index in [2.05, 4.69) is 4.98 Å². The number of carbonyl (C=O) groups excluding carboxylic acids is 2. The standard InChI is InChI=1S/C22H18ClF2N5O5/c23-19-20(35-9-13-2-3-14(24)6-15(13)25)27-10-28(21(19)33)7-12-1-4-16-17(5-12)30(22(26)34)11-29(16)18(32)8-31/h1-6,10,31H,7-9,11H2,(H2,26,34). The number of aromatic nitrogens is 2. The van der Waals surface area contributed by atoms with E-state index in [1.54, 1.807) is 18.2 Å². The molecule has 10 nitrogen and oxygen atoms in total. The Bertz CT molecular complexity index is 1380. The van der Waals surface area contributed by atoms with Crippen molar-refractivity contribution in [2.24, 2.45) is 5.73 Å². The highest BCUT2D eigenvalue weighted by Crippen LogP contribution is 2.36. The van der Waals surface area contributed by atoms with Gasteiger partial charge in [0, 0.05) is 11.6 Å². The second-order valence-electron chi connectivity index (χ2n) is 7.53. The van der Waals surface area contributed by atoms with Gasteiger partial charge in [-0.05, 0) is 29.8 Å². The normalized spacial score (nSPS) is 12.6. The van der Waals surface area contributed by atoms with Crippen molar-refractivity contribution in [1.82, 2.24) is 9.55 Å². The maximum absolute atomic E-state index is 13.8. The van der Waals surface area contributed by atoms with Crippen LogP contribution in [0.1, 0.15) is 11.1 Å². The molecule has 0 fully saturated rings. The maximum atomic E-state index is 13.8. The molecule has 0 saturated heterocycles. The summed E-state index contributed by atoms with van der Waals surface area (Å²) < 4.78 is 33.4. The van der Waals surface area contributed by atoms with Crippen molar-refractivity contribution in [3.63, 3.8) is 0 Å². The molecule has 1 aromatic heterocycles. The van der Waals surface area contributed by atoms with Crippen LogP contribution in [0.3, 0.4) is 0 Å². The van der Waals surface area contributed by atoms with Gasteiger partial charge in [-0.3, -0.25) is 24.0 Å². The number of hydrogen-bond donors (Lipinski definition) is 2. The minimum Gasteiger partial charge on any atom is -0.471 e. The lowest BCUT2D eigenvalue weighted by Crippen LogP contribution is -2.42. The van der Waals surface area contributed by atoms with E-state index in [1.807, 2.05) is 0 Å². The van der Waals surface area contributed by atoms with E-state index in [0.717, 1.165) is 11.0 Å². The van der Waals surface area contributed by atoms with E-state index in [1.165, 1.54) is 21.9 Å². The highest BCUT2D eigenvalue weighted by molar-refractivity contribution is 6.31. The van der Waals surface area contributed by atoms with Gasteiger partial charge in [0.25, 0.3) is 11.5 Å². The number of nitrogens with two attached hydrogens (primary N) is 1. The molecule has 0 spiro atoms. The number of primary amides is 1. The Balaban J connectivity index is 1.55. The SMILES string of the molecule is NC(=O)N1CN(C(=O)CO)c2ccc(Cn3cnc(OCc4ccc(F)cc4F)c(Cl)c3=O)cc21. The number of halogens is 3. The number of amides is 3. The molecule has 3 N–H and O–H groups in total. The third-order valence-corrected chi connectivity index (χ3v) is 5.61. The van der Waals surface area contributed by atoms with Gasteiger partial charge >= 0.3 is 6.03 Å². The van der Waals surface area contributed by atoms with Crippen LogP contribution < -0.4 is 25.8 Å². The highest BCUT2D eigenvalue weighted by Gasteiger charge is 2.32. The van der Waals surface area contributed by atoms with Crippen molar-refractivity contribution in [3.05, 3.63) is 80.9 Å². The zero-order valence-electron chi connectivity index (χ0n) is 18.0. The van der Waals surface area contributed by atoms with E-state index in [0.29, 0.717) is 23.0 Å². The second-order valence-corrected chi connectivity index (χ2v) is 7.91. The summed E-state index contributed by atoms with van der Waals surface area (Å²) in [5, 5.41) is 8.84. The number of carbonyl (C=O) groups is 2. The van der Waals surface area contributed by atoms with Crippen LogP contribution in [0.25, 0.3) is 0 Å². The zero-order chi connectivity index (χ0) is 25.3. The molecule has 1 aliphatic rings. The minimum absolute atomic E-state index is 0.00620. The maximum Gasteiger partial charge on any atom is 0.320 e. The predicted octanol–water partition coefficient (Wildman–Crippen LogP) is 1.98. The van der Waals surface area contributed by atoms with Gasteiger partial charge in [-0.25, -0.2) is 18.6 Å². The predicted molar refractivity (Wildman–Crippen MR) is 121 cm³/mol. The van der Waals surface area contributed by atoms with Crippen LogP contribution in [0.15, 0.2) is 47.5 Å². The van der Waals surface area contributed by atoms with Crippen LogP contribution in [0.4, 0.5) is 25.0 Å². The fourth-order valence-corrected chi connectivity index (χ4v) is 3.75. The van der Waals surface area contributed by atoms with E-state index >= 15 is 0 Å². The number of nitrogens with zero attached hydrogens (tertiary/aromatic N) is 4. The fraction of sp³-hybridized carbons (Fsp3) is 0.182. The van der Waals surface area contributed by atoms with Gasteiger partial charge in [0.1, 0.15) is 37.8 Å². The van der Waals surface area contributed by atoms with E-state index < -0.39 is 35.7 Å². The van der Waals surface area contributed by atoms with Gasteiger partial charge in [-0.15, -0.1) is 0 Å². The number of fused-ring (bicyclic) bond motifs is 1. The Labute approximate surface area is 201 Å². The molecule has 3 aromatic rings. The molecule has 0 aliphatic carbocycles. The number of hydrogen-bond acceptors (Lipinski definition) is 6. The Morgan fingerprint density at radius 1 is 1.14 bits per heavy atom. The molecule has 2 heterocycles. The van der Waals surface area contributed by atoms with Crippen molar-refractivity contribution >= 4 is 34.9 Å². The first-order chi connectivity index (χ1) is 16.7. The lowest BCUT2D eigenvalue weighted by Gasteiger charge is -2.16. The van der Waals surface area contributed by atoms with Gasteiger partial charge in [0.2, 0.25) is 5.88 Å². The number of rotatable bonds is 6. The van der Waals surface area contributed by atoms with Gasteiger partial charge in [-0.2, -0.15) is 0 Å². The molecule has 0 saturated carbocycles. The molecular formula is C22H18ClF2N5O5. The van der Waals surface area contributed by atoms with Crippen molar-refractivity contribution in [2.75, 3.05) is 23.1 Å². The van der Waals surface area contributed by atoms with Crippen molar-refractivity contribution in [2.45, 2.75) is 13.2 Å². The third kappa shape index (κ3) is 4.79. The van der Waals surface area contributed by atoms with E-state index in [-0.39, 0.29) is 36.3 Å². The Hall–Kier alpha value is -4.03. The summed E-state index contributed by atoms with van der Waals surface area (Å²) in [6.45, 7) is -1.21. The number of benzene rings is 2. The van der Waals surface area contributed by atoms with E-state index in [4.69, 9.17) is 22.1 Å². The van der Waals surface area contributed by atoms with Crippen molar-refractivity contribution < 1.29 is 28.2 Å². The first-order valence-electron chi connectivity index (χ1n) is 10.1. The second kappa shape index (κ2) is 9.68. The molecule has 35 heavy (non-hydrogen) atoms.